The van der Waals surface area contributed by atoms with Gasteiger partial charge in [0.05, 0.1) is 6.42 Å². The van der Waals surface area contributed by atoms with E-state index in [0.29, 0.717) is 13.1 Å². The van der Waals surface area contributed by atoms with Crippen molar-refractivity contribution in [3.63, 3.8) is 0 Å². The van der Waals surface area contributed by atoms with Crippen LogP contribution in [0.3, 0.4) is 0 Å². The molecule has 0 saturated heterocycles. The summed E-state index contributed by atoms with van der Waals surface area (Å²) < 4.78 is 0. The maximum Gasteiger partial charge on any atom is 0.303 e. The van der Waals surface area contributed by atoms with Gasteiger partial charge in [0, 0.05) is 13.0 Å². The highest BCUT2D eigenvalue weighted by atomic mass is 16.4. The first kappa shape index (κ1) is 13.9. The lowest BCUT2D eigenvalue weighted by molar-refractivity contribution is -0.138. The van der Waals surface area contributed by atoms with Gasteiger partial charge in [0.2, 0.25) is 5.91 Å². The molecule has 0 aliphatic heterocycles. The second kappa shape index (κ2) is 9.45. The van der Waals surface area contributed by atoms with Gasteiger partial charge in [-0.15, -0.1) is 0 Å². The molecule has 0 fully saturated rings. The Kier molecular flexibility index (Phi) is 8.76. The van der Waals surface area contributed by atoms with Crippen LogP contribution in [0.15, 0.2) is 0 Å². The molecule has 4 N–H and O–H groups in total. The highest BCUT2D eigenvalue weighted by Gasteiger charge is 2.03. The van der Waals surface area contributed by atoms with Crippen molar-refractivity contribution in [1.82, 2.24) is 5.32 Å². The molecule has 0 bridgehead atoms. The van der Waals surface area contributed by atoms with Crippen LogP contribution in [0.25, 0.3) is 0 Å². The van der Waals surface area contributed by atoms with Gasteiger partial charge in [-0.05, 0) is 19.4 Å². The zero-order valence-corrected chi connectivity index (χ0v) is 9.00. The van der Waals surface area contributed by atoms with Gasteiger partial charge in [0.15, 0.2) is 0 Å². The number of rotatable bonds is 9. The summed E-state index contributed by atoms with van der Waals surface area (Å²) in [6, 6.07) is 0. The van der Waals surface area contributed by atoms with Crippen LogP contribution in [-0.2, 0) is 9.59 Å². The number of carboxylic acid groups (broad SMARTS) is 1. The minimum atomic E-state index is -0.937. The number of hydrogen-bond acceptors (Lipinski definition) is 3. The van der Waals surface area contributed by atoms with Gasteiger partial charge < -0.3 is 16.2 Å². The topological polar surface area (TPSA) is 92.4 Å². The molecule has 88 valence electrons. The average molecular weight is 216 g/mol. The summed E-state index contributed by atoms with van der Waals surface area (Å²) in [5.74, 6) is -1.12. The van der Waals surface area contributed by atoms with Gasteiger partial charge in [-0.1, -0.05) is 12.8 Å². The predicted octanol–water partition coefficient (Wildman–Crippen LogP) is 0.487. The molecule has 15 heavy (non-hydrogen) atoms. The third kappa shape index (κ3) is 10.8. The molecule has 0 aromatic carbocycles. The maximum absolute atomic E-state index is 11.0. The number of carboxylic acids is 1. The quantitative estimate of drug-likeness (QED) is 0.489. The Bertz CT molecular complexity index is 195. The second-order valence-electron chi connectivity index (χ2n) is 3.45. The van der Waals surface area contributed by atoms with Crippen molar-refractivity contribution in [3.8, 4) is 0 Å². The van der Waals surface area contributed by atoms with Crippen LogP contribution in [-0.4, -0.2) is 30.1 Å². The smallest absolute Gasteiger partial charge is 0.303 e. The van der Waals surface area contributed by atoms with E-state index in [2.05, 4.69) is 5.32 Å². The van der Waals surface area contributed by atoms with Crippen LogP contribution in [0.1, 0.15) is 38.5 Å². The molecule has 0 radical (unpaired) electrons. The summed E-state index contributed by atoms with van der Waals surface area (Å²) in [4.78, 5) is 21.2. The highest BCUT2D eigenvalue weighted by molar-refractivity contribution is 5.80. The molecular formula is C10H20N2O3. The van der Waals surface area contributed by atoms with E-state index in [1.165, 1.54) is 0 Å². The van der Waals surface area contributed by atoms with Crippen molar-refractivity contribution < 1.29 is 14.7 Å². The summed E-state index contributed by atoms with van der Waals surface area (Å²) in [5.41, 5.74) is 5.33. The van der Waals surface area contributed by atoms with Gasteiger partial charge in [-0.3, -0.25) is 9.59 Å². The molecule has 0 heterocycles. The van der Waals surface area contributed by atoms with Crippen LogP contribution in [0.5, 0.6) is 0 Å². The standard InChI is InChI=1S/C10H20N2O3/c11-7-3-1-2-4-8-12-9(13)5-6-10(14)15/h1-8,11H2,(H,12,13)(H,14,15). The molecule has 0 aromatic heterocycles. The van der Waals surface area contributed by atoms with E-state index in [-0.39, 0.29) is 18.7 Å². The zero-order chi connectivity index (χ0) is 11.5. The molecule has 0 saturated carbocycles. The second-order valence-corrected chi connectivity index (χ2v) is 3.45. The van der Waals surface area contributed by atoms with Crippen LogP contribution in [0.2, 0.25) is 0 Å². The Labute approximate surface area is 90.0 Å². The van der Waals surface area contributed by atoms with E-state index in [4.69, 9.17) is 10.8 Å². The Balaban J connectivity index is 3.20. The molecule has 0 unspecified atom stereocenters. The summed E-state index contributed by atoms with van der Waals surface area (Å²) >= 11 is 0. The van der Waals surface area contributed by atoms with Crippen molar-refractivity contribution in [2.45, 2.75) is 38.5 Å². The summed E-state index contributed by atoms with van der Waals surface area (Å²) in [7, 11) is 0. The van der Waals surface area contributed by atoms with Gasteiger partial charge in [0.1, 0.15) is 0 Å². The third-order valence-electron chi connectivity index (χ3n) is 2.02. The fraction of sp³-hybridized carbons (Fsp3) is 0.800. The van der Waals surface area contributed by atoms with E-state index in [0.717, 1.165) is 25.7 Å². The summed E-state index contributed by atoms with van der Waals surface area (Å²) in [6.45, 7) is 1.34. The molecule has 0 aromatic rings. The molecule has 5 heteroatoms. The van der Waals surface area contributed by atoms with Crippen LogP contribution < -0.4 is 11.1 Å². The normalized spacial score (nSPS) is 9.93. The van der Waals surface area contributed by atoms with E-state index >= 15 is 0 Å². The predicted molar refractivity (Wildman–Crippen MR) is 57.4 cm³/mol. The molecule has 5 nitrogen and oxygen atoms in total. The maximum atomic E-state index is 11.0. The zero-order valence-electron chi connectivity index (χ0n) is 9.00. The molecule has 0 aliphatic rings. The average Bonchev–Trinajstić information content (AvgIpc) is 2.20. The SMILES string of the molecule is NCCCCCCNC(=O)CCC(=O)O. The Morgan fingerprint density at radius 3 is 2.33 bits per heavy atom. The van der Waals surface area contributed by atoms with Crippen molar-refractivity contribution >= 4 is 11.9 Å². The number of amides is 1. The van der Waals surface area contributed by atoms with Crippen molar-refractivity contribution in [2.75, 3.05) is 13.1 Å². The number of nitrogens with one attached hydrogen (secondary N) is 1. The van der Waals surface area contributed by atoms with Gasteiger partial charge in [-0.2, -0.15) is 0 Å². The largest absolute Gasteiger partial charge is 0.481 e. The number of nitrogens with two attached hydrogens (primary N) is 1. The Hall–Kier alpha value is -1.10. The number of carbonyl (C=O) groups excluding carboxylic acids is 1. The first-order valence-electron chi connectivity index (χ1n) is 5.35. The molecule has 0 rings (SSSR count). The third-order valence-corrected chi connectivity index (χ3v) is 2.02. The number of aliphatic carboxylic acids is 1. The van der Waals surface area contributed by atoms with Gasteiger partial charge in [-0.25, -0.2) is 0 Å². The van der Waals surface area contributed by atoms with Gasteiger partial charge >= 0.3 is 5.97 Å². The molecule has 0 atom stereocenters. The number of carbonyl (C=O) groups is 2. The minimum absolute atomic E-state index is 0.0676. The lowest BCUT2D eigenvalue weighted by Crippen LogP contribution is -2.24. The first-order valence-corrected chi connectivity index (χ1v) is 5.35. The van der Waals surface area contributed by atoms with E-state index in [1.807, 2.05) is 0 Å². The Morgan fingerprint density at radius 1 is 1.07 bits per heavy atom. The lowest BCUT2D eigenvalue weighted by Gasteiger charge is -2.03. The fourth-order valence-electron chi connectivity index (χ4n) is 1.16. The summed E-state index contributed by atoms with van der Waals surface area (Å²) in [6.07, 6.45) is 4.06. The monoisotopic (exact) mass is 216 g/mol. The lowest BCUT2D eigenvalue weighted by atomic mass is 10.2. The summed E-state index contributed by atoms with van der Waals surface area (Å²) in [5, 5.41) is 11.0. The van der Waals surface area contributed by atoms with Crippen LogP contribution in [0, 0.1) is 0 Å². The van der Waals surface area contributed by atoms with Crippen molar-refractivity contribution in [3.05, 3.63) is 0 Å². The van der Waals surface area contributed by atoms with Crippen LogP contribution in [0.4, 0.5) is 0 Å². The highest BCUT2D eigenvalue weighted by Crippen LogP contribution is 1.97. The van der Waals surface area contributed by atoms with E-state index in [1.54, 1.807) is 0 Å². The number of hydrogen-bond donors (Lipinski definition) is 3. The minimum Gasteiger partial charge on any atom is -0.481 e. The van der Waals surface area contributed by atoms with Gasteiger partial charge in [0.25, 0.3) is 0 Å². The molecule has 0 aliphatic carbocycles. The Morgan fingerprint density at radius 2 is 1.73 bits per heavy atom. The fourth-order valence-corrected chi connectivity index (χ4v) is 1.16. The first-order chi connectivity index (χ1) is 7.16. The van der Waals surface area contributed by atoms with Crippen molar-refractivity contribution in [1.29, 1.82) is 0 Å². The molecular weight excluding hydrogens is 196 g/mol. The van der Waals surface area contributed by atoms with Crippen molar-refractivity contribution in [2.24, 2.45) is 5.73 Å². The van der Waals surface area contributed by atoms with Crippen LogP contribution >= 0.6 is 0 Å². The number of unbranched alkanes of at least 4 members (excludes halogenated alkanes) is 3. The van der Waals surface area contributed by atoms with E-state index in [9.17, 15) is 9.59 Å². The molecule has 1 amide bonds. The molecule has 0 spiro atoms. The van der Waals surface area contributed by atoms with E-state index < -0.39 is 5.97 Å².